The van der Waals surface area contributed by atoms with Gasteiger partial charge in [0.05, 0.1) is 0 Å². The normalized spacial score (nSPS) is 15.1. The van der Waals surface area contributed by atoms with E-state index in [4.69, 9.17) is 0 Å². The standard InChI is InChI=1S/C14H18F2N2O/c1-2-18(14(19)6-11-7-17-8-11)9-10-3-4-12(15)13(16)5-10/h3-5,11,17H,2,6-9H2,1H3. The van der Waals surface area contributed by atoms with Gasteiger partial charge in [-0.2, -0.15) is 0 Å². The van der Waals surface area contributed by atoms with E-state index in [1.165, 1.54) is 6.07 Å². The minimum atomic E-state index is -0.871. The molecule has 0 spiro atoms. The summed E-state index contributed by atoms with van der Waals surface area (Å²) in [5.41, 5.74) is 0.612. The van der Waals surface area contributed by atoms with Crippen molar-refractivity contribution in [3.8, 4) is 0 Å². The molecule has 0 atom stereocenters. The predicted octanol–water partition coefficient (Wildman–Crippen LogP) is 1.92. The molecule has 0 aliphatic carbocycles. The molecule has 0 bridgehead atoms. The highest BCUT2D eigenvalue weighted by molar-refractivity contribution is 5.76. The van der Waals surface area contributed by atoms with E-state index >= 15 is 0 Å². The van der Waals surface area contributed by atoms with Crippen LogP contribution in [0.15, 0.2) is 18.2 Å². The number of rotatable bonds is 5. The zero-order valence-corrected chi connectivity index (χ0v) is 11.0. The summed E-state index contributed by atoms with van der Waals surface area (Å²) in [5, 5.41) is 3.12. The van der Waals surface area contributed by atoms with E-state index in [0.717, 1.165) is 25.2 Å². The van der Waals surface area contributed by atoms with Gasteiger partial charge in [-0.15, -0.1) is 0 Å². The first-order valence-electron chi connectivity index (χ1n) is 6.52. The van der Waals surface area contributed by atoms with Crippen LogP contribution in [0.4, 0.5) is 8.78 Å². The van der Waals surface area contributed by atoms with E-state index in [0.29, 0.717) is 31.0 Å². The molecule has 5 heteroatoms. The Balaban J connectivity index is 1.96. The van der Waals surface area contributed by atoms with Crippen LogP contribution in [0.2, 0.25) is 0 Å². The minimum absolute atomic E-state index is 0.0683. The van der Waals surface area contributed by atoms with Crippen molar-refractivity contribution in [3.05, 3.63) is 35.4 Å². The Morgan fingerprint density at radius 3 is 2.63 bits per heavy atom. The maximum Gasteiger partial charge on any atom is 0.223 e. The van der Waals surface area contributed by atoms with Crippen molar-refractivity contribution in [2.45, 2.75) is 19.9 Å². The highest BCUT2D eigenvalue weighted by Gasteiger charge is 2.23. The van der Waals surface area contributed by atoms with Gasteiger partial charge in [-0.25, -0.2) is 8.78 Å². The first-order chi connectivity index (χ1) is 9.10. The van der Waals surface area contributed by atoms with Crippen LogP contribution in [0.5, 0.6) is 0 Å². The third-order valence-corrected chi connectivity index (χ3v) is 3.42. The van der Waals surface area contributed by atoms with Crippen LogP contribution in [0, 0.1) is 17.6 Å². The fraction of sp³-hybridized carbons (Fsp3) is 0.500. The Kier molecular flexibility index (Phi) is 4.47. The van der Waals surface area contributed by atoms with Gasteiger partial charge in [0.2, 0.25) is 5.91 Å². The highest BCUT2D eigenvalue weighted by atomic mass is 19.2. The van der Waals surface area contributed by atoms with Crippen LogP contribution < -0.4 is 5.32 Å². The van der Waals surface area contributed by atoms with E-state index in [2.05, 4.69) is 5.32 Å². The highest BCUT2D eigenvalue weighted by Crippen LogP contribution is 2.14. The van der Waals surface area contributed by atoms with Crippen molar-refractivity contribution in [3.63, 3.8) is 0 Å². The van der Waals surface area contributed by atoms with Gasteiger partial charge >= 0.3 is 0 Å². The largest absolute Gasteiger partial charge is 0.339 e. The number of carbonyl (C=O) groups excluding carboxylic acids is 1. The Labute approximate surface area is 111 Å². The molecule has 1 heterocycles. The molecule has 0 unspecified atom stereocenters. The van der Waals surface area contributed by atoms with Crippen LogP contribution in [-0.2, 0) is 11.3 Å². The lowest BCUT2D eigenvalue weighted by Crippen LogP contribution is -2.45. The van der Waals surface area contributed by atoms with Crippen molar-refractivity contribution in [1.82, 2.24) is 10.2 Å². The number of hydrogen-bond acceptors (Lipinski definition) is 2. The number of amides is 1. The van der Waals surface area contributed by atoms with Crippen molar-refractivity contribution in [2.75, 3.05) is 19.6 Å². The molecule has 0 radical (unpaired) electrons. The third-order valence-electron chi connectivity index (χ3n) is 3.42. The van der Waals surface area contributed by atoms with E-state index in [-0.39, 0.29) is 5.91 Å². The second kappa shape index (κ2) is 6.10. The second-order valence-electron chi connectivity index (χ2n) is 4.88. The molecule has 1 saturated heterocycles. The lowest BCUT2D eigenvalue weighted by molar-refractivity contribution is -0.133. The predicted molar refractivity (Wildman–Crippen MR) is 68.4 cm³/mol. The monoisotopic (exact) mass is 268 g/mol. The smallest absolute Gasteiger partial charge is 0.223 e. The summed E-state index contributed by atoms with van der Waals surface area (Å²) in [6.45, 7) is 4.55. The number of carbonyl (C=O) groups is 1. The molecule has 1 aliphatic heterocycles. The average molecular weight is 268 g/mol. The van der Waals surface area contributed by atoms with Crippen LogP contribution in [0.1, 0.15) is 18.9 Å². The Morgan fingerprint density at radius 1 is 1.37 bits per heavy atom. The third kappa shape index (κ3) is 3.50. The van der Waals surface area contributed by atoms with Crippen molar-refractivity contribution in [1.29, 1.82) is 0 Å². The molecule has 1 aromatic carbocycles. The number of hydrogen-bond donors (Lipinski definition) is 1. The number of halogens is 2. The van der Waals surface area contributed by atoms with Crippen LogP contribution in [-0.4, -0.2) is 30.4 Å². The van der Waals surface area contributed by atoms with E-state index < -0.39 is 11.6 Å². The molecule has 0 saturated carbocycles. The second-order valence-corrected chi connectivity index (χ2v) is 4.88. The lowest BCUT2D eigenvalue weighted by atomic mass is 9.98. The summed E-state index contributed by atoms with van der Waals surface area (Å²) in [6.07, 6.45) is 0.518. The summed E-state index contributed by atoms with van der Waals surface area (Å²) in [7, 11) is 0. The van der Waals surface area contributed by atoms with Gasteiger partial charge in [0.25, 0.3) is 0 Å². The zero-order valence-electron chi connectivity index (χ0n) is 11.0. The zero-order chi connectivity index (χ0) is 13.8. The first-order valence-corrected chi connectivity index (χ1v) is 6.52. The van der Waals surface area contributed by atoms with Gasteiger partial charge in [0, 0.05) is 19.5 Å². The average Bonchev–Trinajstić information content (AvgIpc) is 2.35. The maximum absolute atomic E-state index is 13.1. The number of benzene rings is 1. The summed E-state index contributed by atoms with van der Waals surface area (Å²) in [4.78, 5) is 13.7. The molecule has 1 N–H and O–H groups in total. The van der Waals surface area contributed by atoms with Crippen LogP contribution in [0.3, 0.4) is 0 Å². The molecule has 19 heavy (non-hydrogen) atoms. The Hall–Kier alpha value is -1.49. The first kappa shape index (κ1) is 13.9. The Bertz CT molecular complexity index is 461. The summed E-state index contributed by atoms with van der Waals surface area (Å²) in [5.74, 6) is -1.26. The summed E-state index contributed by atoms with van der Waals surface area (Å²) < 4.78 is 26.0. The van der Waals surface area contributed by atoms with Crippen LogP contribution in [0.25, 0.3) is 0 Å². The topological polar surface area (TPSA) is 32.3 Å². The number of nitrogens with zero attached hydrogens (tertiary/aromatic N) is 1. The van der Waals surface area contributed by atoms with E-state index in [9.17, 15) is 13.6 Å². The summed E-state index contributed by atoms with van der Waals surface area (Å²) in [6, 6.07) is 3.76. The molecule has 1 aromatic rings. The van der Waals surface area contributed by atoms with E-state index in [1.54, 1.807) is 4.90 Å². The van der Waals surface area contributed by atoms with Gasteiger partial charge < -0.3 is 10.2 Å². The van der Waals surface area contributed by atoms with Crippen molar-refractivity contribution in [2.24, 2.45) is 5.92 Å². The molecule has 1 amide bonds. The van der Waals surface area contributed by atoms with Gasteiger partial charge in [0.1, 0.15) is 0 Å². The fourth-order valence-electron chi connectivity index (χ4n) is 2.10. The van der Waals surface area contributed by atoms with Crippen molar-refractivity contribution >= 4 is 5.91 Å². The molecule has 1 fully saturated rings. The van der Waals surface area contributed by atoms with Crippen molar-refractivity contribution < 1.29 is 13.6 Å². The maximum atomic E-state index is 13.1. The quantitative estimate of drug-likeness (QED) is 0.885. The Morgan fingerprint density at radius 2 is 2.11 bits per heavy atom. The molecule has 3 nitrogen and oxygen atoms in total. The van der Waals surface area contributed by atoms with Gasteiger partial charge in [0.15, 0.2) is 11.6 Å². The molecule has 1 aliphatic rings. The van der Waals surface area contributed by atoms with Gasteiger partial charge in [-0.05, 0) is 43.6 Å². The van der Waals surface area contributed by atoms with E-state index in [1.807, 2.05) is 6.92 Å². The van der Waals surface area contributed by atoms with Crippen LogP contribution >= 0.6 is 0 Å². The minimum Gasteiger partial charge on any atom is -0.339 e. The lowest BCUT2D eigenvalue weighted by Gasteiger charge is -2.29. The fourth-order valence-corrected chi connectivity index (χ4v) is 2.10. The molecule has 2 rings (SSSR count). The SMILES string of the molecule is CCN(Cc1ccc(F)c(F)c1)C(=O)CC1CNC1. The number of nitrogens with one attached hydrogen (secondary N) is 1. The molecule has 0 aromatic heterocycles. The molecule has 104 valence electrons. The van der Waals surface area contributed by atoms with Gasteiger partial charge in [-0.1, -0.05) is 6.07 Å². The molecular formula is C14H18F2N2O. The van der Waals surface area contributed by atoms with Gasteiger partial charge in [-0.3, -0.25) is 4.79 Å². The summed E-state index contributed by atoms with van der Waals surface area (Å²) >= 11 is 0. The molecular weight excluding hydrogens is 250 g/mol.